The SMILES string of the molecule is CC(Oc1ccc(Cl)cc1Cl)C(=O)NNC(=O)c1ccc(OCCc2ccccc2)c(Br)c1. The summed E-state index contributed by atoms with van der Waals surface area (Å²) in [4.78, 5) is 24.7. The first-order chi connectivity index (χ1) is 15.8. The Morgan fingerprint density at radius 3 is 2.39 bits per heavy atom. The summed E-state index contributed by atoms with van der Waals surface area (Å²) in [5, 5.41) is 0.734. The molecule has 0 radical (unpaired) electrons. The van der Waals surface area contributed by atoms with Crippen LogP contribution in [-0.2, 0) is 11.2 Å². The summed E-state index contributed by atoms with van der Waals surface area (Å²) in [5.74, 6) is -0.110. The van der Waals surface area contributed by atoms with E-state index in [9.17, 15) is 9.59 Å². The van der Waals surface area contributed by atoms with Crippen LogP contribution < -0.4 is 20.3 Å². The van der Waals surface area contributed by atoms with Crippen LogP contribution in [0.25, 0.3) is 0 Å². The molecule has 2 amide bonds. The van der Waals surface area contributed by atoms with E-state index in [-0.39, 0.29) is 5.02 Å². The van der Waals surface area contributed by atoms with Gasteiger partial charge in [-0.2, -0.15) is 0 Å². The molecular formula is C24H21BrCl2N2O4. The minimum atomic E-state index is -0.906. The number of halogens is 3. The van der Waals surface area contributed by atoms with Gasteiger partial charge in [-0.3, -0.25) is 20.4 Å². The zero-order chi connectivity index (χ0) is 23.8. The molecule has 3 aromatic carbocycles. The number of amides is 2. The smallest absolute Gasteiger partial charge is 0.279 e. The van der Waals surface area contributed by atoms with Crippen molar-refractivity contribution in [2.45, 2.75) is 19.4 Å². The van der Waals surface area contributed by atoms with Crippen molar-refractivity contribution >= 4 is 50.9 Å². The van der Waals surface area contributed by atoms with Gasteiger partial charge in [-0.05, 0) is 64.8 Å². The molecule has 0 spiro atoms. The average Bonchev–Trinajstić information content (AvgIpc) is 2.80. The number of hydrazine groups is 1. The summed E-state index contributed by atoms with van der Waals surface area (Å²) in [6.45, 7) is 2.03. The third kappa shape index (κ3) is 7.39. The van der Waals surface area contributed by atoms with Crippen LogP contribution in [-0.4, -0.2) is 24.5 Å². The summed E-state index contributed by atoms with van der Waals surface area (Å²) < 4.78 is 11.9. The molecule has 33 heavy (non-hydrogen) atoms. The van der Waals surface area contributed by atoms with E-state index in [2.05, 4.69) is 26.8 Å². The Hall–Kier alpha value is -2.74. The lowest BCUT2D eigenvalue weighted by Crippen LogP contribution is -2.47. The molecule has 9 heteroatoms. The van der Waals surface area contributed by atoms with Gasteiger partial charge in [0.05, 0.1) is 16.1 Å². The number of benzene rings is 3. The van der Waals surface area contributed by atoms with E-state index in [0.717, 1.165) is 6.42 Å². The lowest BCUT2D eigenvalue weighted by molar-refractivity contribution is -0.128. The molecule has 0 bridgehead atoms. The zero-order valence-corrected chi connectivity index (χ0v) is 20.7. The number of ether oxygens (including phenoxy) is 2. The summed E-state index contributed by atoms with van der Waals surface area (Å²) in [7, 11) is 0. The van der Waals surface area contributed by atoms with Gasteiger partial charge in [0.15, 0.2) is 6.10 Å². The van der Waals surface area contributed by atoms with Crippen molar-refractivity contribution in [2.24, 2.45) is 0 Å². The molecule has 0 aliphatic rings. The lowest BCUT2D eigenvalue weighted by atomic mass is 10.2. The summed E-state index contributed by atoms with van der Waals surface area (Å²) >= 11 is 15.3. The highest BCUT2D eigenvalue weighted by atomic mass is 79.9. The predicted molar refractivity (Wildman–Crippen MR) is 132 cm³/mol. The Labute approximate surface area is 210 Å². The average molecular weight is 552 g/mol. The lowest BCUT2D eigenvalue weighted by Gasteiger charge is -2.16. The second-order valence-electron chi connectivity index (χ2n) is 7.01. The Kier molecular flexibility index (Phi) is 9.00. The first-order valence-corrected chi connectivity index (χ1v) is 11.6. The summed E-state index contributed by atoms with van der Waals surface area (Å²) in [6.07, 6.45) is -0.139. The molecule has 0 aliphatic heterocycles. The minimum absolute atomic E-state index is 0.280. The van der Waals surface area contributed by atoms with Gasteiger partial charge in [0.2, 0.25) is 0 Å². The van der Waals surface area contributed by atoms with Crippen molar-refractivity contribution in [1.29, 1.82) is 0 Å². The van der Waals surface area contributed by atoms with E-state index in [4.69, 9.17) is 32.7 Å². The van der Waals surface area contributed by atoms with Gasteiger partial charge in [-0.25, -0.2) is 0 Å². The molecule has 0 aliphatic carbocycles. The van der Waals surface area contributed by atoms with Gasteiger partial charge in [-0.1, -0.05) is 53.5 Å². The third-order valence-corrected chi connectivity index (χ3v) is 5.70. The molecular weight excluding hydrogens is 531 g/mol. The van der Waals surface area contributed by atoms with E-state index < -0.39 is 17.9 Å². The molecule has 0 aromatic heterocycles. The van der Waals surface area contributed by atoms with Gasteiger partial charge in [-0.15, -0.1) is 0 Å². The second kappa shape index (κ2) is 11.9. The Bertz CT molecular complexity index is 1130. The Morgan fingerprint density at radius 2 is 1.70 bits per heavy atom. The fourth-order valence-corrected chi connectivity index (χ4v) is 3.74. The quantitative estimate of drug-likeness (QED) is 0.357. The van der Waals surface area contributed by atoms with Crippen LogP contribution in [0.5, 0.6) is 11.5 Å². The topological polar surface area (TPSA) is 76.7 Å². The van der Waals surface area contributed by atoms with Crippen LogP contribution in [0.4, 0.5) is 0 Å². The molecule has 6 nitrogen and oxygen atoms in total. The van der Waals surface area contributed by atoms with Crippen molar-refractivity contribution in [2.75, 3.05) is 6.61 Å². The molecule has 0 saturated heterocycles. The fourth-order valence-electron chi connectivity index (χ4n) is 2.79. The maximum atomic E-state index is 12.4. The van der Waals surface area contributed by atoms with Crippen molar-refractivity contribution in [1.82, 2.24) is 10.9 Å². The Morgan fingerprint density at radius 1 is 0.970 bits per heavy atom. The number of carbonyl (C=O) groups excluding carboxylic acids is 2. The second-order valence-corrected chi connectivity index (χ2v) is 8.71. The highest BCUT2D eigenvalue weighted by molar-refractivity contribution is 9.10. The first-order valence-electron chi connectivity index (χ1n) is 10.0. The monoisotopic (exact) mass is 550 g/mol. The van der Waals surface area contributed by atoms with Crippen LogP contribution in [0.15, 0.2) is 71.2 Å². The highest BCUT2D eigenvalue weighted by Crippen LogP contribution is 2.28. The highest BCUT2D eigenvalue weighted by Gasteiger charge is 2.18. The van der Waals surface area contributed by atoms with E-state index in [1.807, 2.05) is 30.3 Å². The first kappa shape index (κ1) is 24.9. The minimum Gasteiger partial charge on any atom is -0.492 e. The van der Waals surface area contributed by atoms with Gasteiger partial charge in [0, 0.05) is 17.0 Å². The molecule has 172 valence electrons. The molecule has 0 heterocycles. The zero-order valence-electron chi connectivity index (χ0n) is 17.6. The fraction of sp³-hybridized carbons (Fsp3) is 0.167. The van der Waals surface area contributed by atoms with Crippen molar-refractivity contribution in [3.63, 3.8) is 0 Å². The summed E-state index contributed by atoms with van der Waals surface area (Å²) in [5.41, 5.74) is 6.22. The van der Waals surface area contributed by atoms with E-state index in [1.54, 1.807) is 30.3 Å². The normalized spacial score (nSPS) is 11.4. The Balaban J connectivity index is 1.49. The van der Waals surface area contributed by atoms with Gasteiger partial charge >= 0.3 is 0 Å². The van der Waals surface area contributed by atoms with E-state index >= 15 is 0 Å². The number of hydrogen-bond donors (Lipinski definition) is 2. The largest absolute Gasteiger partial charge is 0.492 e. The van der Waals surface area contributed by atoms with Gasteiger partial charge in [0.25, 0.3) is 11.8 Å². The maximum absolute atomic E-state index is 12.4. The number of hydrogen-bond acceptors (Lipinski definition) is 4. The van der Waals surface area contributed by atoms with E-state index in [1.165, 1.54) is 18.6 Å². The van der Waals surface area contributed by atoms with Gasteiger partial charge in [0.1, 0.15) is 11.5 Å². The van der Waals surface area contributed by atoms with Crippen LogP contribution in [0.2, 0.25) is 10.0 Å². The molecule has 1 atom stereocenters. The molecule has 1 unspecified atom stereocenters. The van der Waals surface area contributed by atoms with Crippen molar-refractivity contribution < 1.29 is 19.1 Å². The van der Waals surface area contributed by atoms with Crippen molar-refractivity contribution in [3.05, 3.63) is 92.4 Å². The van der Waals surface area contributed by atoms with Crippen LogP contribution in [0.3, 0.4) is 0 Å². The molecule has 3 rings (SSSR count). The molecule has 2 N–H and O–H groups in total. The number of rotatable bonds is 8. The van der Waals surface area contributed by atoms with Crippen molar-refractivity contribution in [3.8, 4) is 11.5 Å². The predicted octanol–water partition coefficient (Wildman–Crippen LogP) is 5.61. The van der Waals surface area contributed by atoms with Crippen LogP contribution >= 0.6 is 39.1 Å². The molecule has 0 fully saturated rings. The molecule has 3 aromatic rings. The summed E-state index contributed by atoms with van der Waals surface area (Å²) in [6, 6.07) is 19.6. The van der Waals surface area contributed by atoms with Crippen LogP contribution in [0, 0.1) is 0 Å². The molecule has 0 saturated carbocycles. The standard InChI is InChI=1S/C24H21BrCl2N2O4/c1-15(33-22-10-8-18(26)14-20(22)27)23(30)28-29-24(31)17-7-9-21(19(25)13-17)32-12-11-16-5-3-2-4-6-16/h2-10,13-15H,11-12H2,1H3,(H,28,30)(H,29,31). The van der Waals surface area contributed by atoms with Gasteiger partial charge < -0.3 is 9.47 Å². The van der Waals surface area contributed by atoms with E-state index in [0.29, 0.717) is 33.2 Å². The maximum Gasteiger partial charge on any atom is 0.279 e. The number of nitrogens with one attached hydrogen (secondary N) is 2. The third-order valence-electron chi connectivity index (χ3n) is 4.55. The number of carbonyl (C=O) groups is 2. The van der Waals surface area contributed by atoms with Crippen LogP contribution in [0.1, 0.15) is 22.8 Å².